The molecule has 2 aliphatic rings. The largest absolute Gasteiger partial charge is 0.479 e. The highest BCUT2D eigenvalue weighted by atomic mass is 16.8. The van der Waals surface area contributed by atoms with E-state index in [9.17, 15) is 44.1 Å². The van der Waals surface area contributed by atoms with Gasteiger partial charge in [-0.05, 0) is 69.4 Å². The molecular weight excluding hydrogens is 796 g/mol. The summed E-state index contributed by atoms with van der Waals surface area (Å²) in [5, 5.41) is 35.8. The zero-order valence-electron chi connectivity index (χ0n) is 36.8. The Bertz CT molecular complexity index is 1750. The lowest BCUT2D eigenvalue weighted by molar-refractivity contribution is -0.375. The molecule has 0 radical (unpaired) electrons. The predicted octanol–water partition coefficient (Wildman–Crippen LogP) is 5.15. The highest BCUT2D eigenvalue weighted by Gasteiger charge is 2.86. The molecule has 1 aromatic rings. The van der Waals surface area contributed by atoms with E-state index in [0.717, 1.165) is 18.1 Å². The number of allylic oxidation sites excluding steroid dienone is 1. The Morgan fingerprint density at radius 1 is 1.00 bits per heavy atom. The van der Waals surface area contributed by atoms with Crippen molar-refractivity contribution in [3.8, 4) is 0 Å². The Morgan fingerprint density at radius 3 is 2.23 bits per heavy atom. The van der Waals surface area contributed by atoms with Gasteiger partial charge in [-0.2, -0.15) is 0 Å². The third-order valence-electron chi connectivity index (χ3n) is 11.0. The second-order valence-electron chi connectivity index (χ2n) is 17.2. The van der Waals surface area contributed by atoms with Crippen LogP contribution in [0.1, 0.15) is 106 Å². The van der Waals surface area contributed by atoms with E-state index < -0.39 is 95.8 Å². The van der Waals surface area contributed by atoms with Crippen LogP contribution in [-0.4, -0.2) is 106 Å². The van der Waals surface area contributed by atoms with Gasteiger partial charge >= 0.3 is 35.8 Å². The van der Waals surface area contributed by atoms with Gasteiger partial charge in [0.25, 0.3) is 0 Å². The van der Waals surface area contributed by atoms with Crippen molar-refractivity contribution in [3.63, 3.8) is 0 Å². The maximum Gasteiger partial charge on any atom is 0.348 e. The summed E-state index contributed by atoms with van der Waals surface area (Å²) in [6.45, 7) is 18.0. The molecule has 16 heteroatoms. The highest BCUT2D eigenvalue weighted by molar-refractivity contribution is 5.99. The van der Waals surface area contributed by atoms with Gasteiger partial charge in [-0.3, -0.25) is 9.59 Å². The van der Waals surface area contributed by atoms with Gasteiger partial charge in [0.2, 0.25) is 29.9 Å². The first-order chi connectivity index (χ1) is 28.5. The van der Waals surface area contributed by atoms with Crippen molar-refractivity contribution in [1.29, 1.82) is 0 Å². The van der Waals surface area contributed by atoms with Crippen molar-refractivity contribution < 1.29 is 77.2 Å². The van der Waals surface area contributed by atoms with Crippen LogP contribution in [0, 0.1) is 23.2 Å². The predicted molar refractivity (Wildman–Crippen MR) is 218 cm³/mol. The van der Waals surface area contributed by atoms with Gasteiger partial charge in [-0.25, -0.2) is 19.2 Å². The third-order valence-corrected chi connectivity index (χ3v) is 11.0. The molecule has 10 atom stereocenters. The topological polar surface area (TPSA) is 228 Å². The van der Waals surface area contributed by atoms with Crippen LogP contribution in [0.2, 0.25) is 0 Å². The minimum absolute atomic E-state index is 0.139. The number of aliphatic hydroxyl groups excluding tert-OH is 1. The summed E-state index contributed by atoms with van der Waals surface area (Å²) < 4.78 is 38.9. The standard InChI is InChI=1S/C45H64O16/c1-11-13-23-55-38(49)37-44(54,41(53)57-26-56-40(52)42(8,9)10)45(39(50)51)36(59-33(47)20-19-28(4)24-27(3)12-2)35(48)43(60-37,61-45)22-21-29(5)34(58-31(7)46)30(6)25-32-17-15-14-16-18-32/h14-20,27-28,30,34-37,48,54H,5,11-13,21-26H2,1-4,6-10H3,(H,50,51)/b20-19+/t27-,28+,30+,34+,35+,36+,37?,43?,44?,45?/m0/s1. The van der Waals surface area contributed by atoms with Gasteiger partial charge in [-0.1, -0.05) is 90.4 Å². The number of aliphatic carboxylic acids is 1. The second kappa shape index (κ2) is 21.4. The van der Waals surface area contributed by atoms with Crippen molar-refractivity contribution in [2.24, 2.45) is 23.2 Å². The lowest BCUT2D eigenvalue weighted by Gasteiger charge is -2.49. The van der Waals surface area contributed by atoms with E-state index in [4.69, 9.17) is 33.2 Å². The van der Waals surface area contributed by atoms with E-state index in [-0.39, 0.29) is 30.4 Å². The lowest BCUT2D eigenvalue weighted by atomic mass is 9.74. The Kier molecular flexibility index (Phi) is 17.8. The minimum Gasteiger partial charge on any atom is -0.479 e. The highest BCUT2D eigenvalue weighted by Crippen LogP contribution is 2.56. The summed E-state index contributed by atoms with van der Waals surface area (Å²) in [6, 6.07) is 9.37. The molecule has 1 aromatic carbocycles. The number of aliphatic hydroxyl groups is 2. The van der Waals surface area contributed by atoms with Crippen LogP contribution in [0.5, 0.6) is 0 Å². The number of hydrogen-bond donors (Lipinski definition) is 3. The van der Waals surface area contributed by atoms with Crippen LogP contribution in [0.4, 0.5) is 0 Å². The van der Waals surface area contributed by atoms with Crippen molar-refractivity contribution in [2.45, 2.75) is 149 Å². The van der Waals surface area contributed by atoms with E-state index in [0.29, 0.717) is 31.6 Å². The molecule has 2 aliphatic heterocycles. The van der Waals surface area contributed by atoms with Crippen molar-refractivity contribution >= 4 is 35.8 Å². The molecule has 2 bridgehead atoms. The maximum atomic E-state index is 14.2. The Labute approximate surface area is 357 Å². The molecule has 3 N–H and O–H groups in total. The molecule has 2 fully saturated rings. The molecule has 340 valence electrons. The number of carboxylic acids is 1. The number of fused-ring (bicyclic) bond motifs is 2. The maximum absolute atomic E-state index is 14.2. The molecule has 0 spiro atoms. The normalized spacial score (nSPS) is 26.6. The van der Waals surface area contributed by atoms with Crippen molar-refractivity contribution in [1.82, 2.24) is 0 Å². The molecular formula is C45H64O16. The smallest absolute Gasteiger partial charge is 0.348 e. The average Bonchev–Trinajstić information content (AvgIpc) is 3.41. The number of hydrogen-bond acceptors (Lipinski definition) is 15. The zero-order chi connectivity index (χ0) is 45.9. The first-order valence-electron chi connectivity index (χ1n) is 20.8. The summed E-state index contributed by atoms with van der Waals surface area (Å²) in [6.07, 6.45) is -3.62. The first-order valence-corrected chi connectivity index (χ1v) is 20.8. The summed E-state index contributed by atoms with van der Waals surface area (Å²) in [5.74, 6) is -10.9. The number of carbonyl (C=O) groups is 6. The molecule has 2 saturated heterocycles. The van der Waals surface area contributed by atoms with Crippen molar-refractivity contribution in [2.75, 3.05) is 13.4 Å². The van der Waals surface area contributed by atoms with E-state index >= 15 is 0 Å². The Balaban J connectivity index is 2.17. The van der Waals surface area contributed by atoms with E-state index in [1.165, 1.54) is 33.8 Å². The summed E-state index contributed by atoms with van der Waals surface area (Å²) >= 11 is 0. The van der Waals surface area contributed by atoms with Crippen molar-refractivity contribution in [3.05, 3.63) is 60.2 Å². The number of ether oxygens (including phenoxy) is 7. The number of esters is 5. The SMILES string of the molecule is C=C(CCC12OC(C(=O)OCCCC)C(O)(C(=O)OCOC(=O)C(C)(C)C)C(C(=O)O)(O1)[C@H](OC(=O)/C=C/[C@@H](C)C[C@@H](C)CC)[C@H]2O)[C@@H](OC(C)=O)[C@H](C)Cc1ccccc1. The van der Waals surface area contributed by atoms with Gasteiger partial charge in [0.15, 0.2) is 6.10 Å². The summed E-state index contributed by atoms with van der Waals surface area (Å²) in [5.41, 5.74) is -7.15. The quantitative estimate of drug-likeness (QED) is 0.0342. The molecule has 2 heterocycles. The molecule has 61 heavy (non-hydrogen) atoms. The fraction of sp³-hybridized carbons (Fsp3) is 0.644. The average molecular weight is 861 g/mol. The van der Waals surface area contributed by atoms with Gasteiger partial charge in [0.05, 0.1) is 12.0 Å². The van der Waals surface area contributed by atoms with Gasteiger partial charge in [0.1, 0.15) is 12.2 Å². The number of benzene rings is 1. The third kappa shape index (κ3) is 11.8. The molecule has 0 aromatic heterocycles. The summed E-state index contributed by atoms with van der Waals surface area (Å²) in [4.78, 5) is 80.3. The number of unbranched alkanes of at least 4 members (excludes halogenated alkanes) is 1. The van der Waals surface area contributed by atoms with Gasteiger partial charge < -0.3 is 48.5 Å². The zero-order valence-corrected chi connectivity index (χ0v) is 36.8. The first kappa shape index (κ1) is 50.7. The fourth-order valence-corrected chi connectivity index (χ4v) is 7.42. The molecule has 0 saturated carbocycles. The van der Waals surface area contributed by atoms with Crippen LogP contribution < -0.4 is 0 Å². The van der Waals surface area contributed by atoms with Crippen LogP contribution in [-0.2, 0) is 68.3 Å². The second-order valence-corrected chi connectivity index (χ2v) is 17.2. The molecule has 16 nitrogen and oxygen atoms in total. The summed E-state index contributed by atoms with van der Waals surface area (Å²) in [7, 11) is 0. The Hall–Kier alpha value is -4.64. The molecule has 0 aliphatic carbocycles. The minimum atomic E-state index is -3.77. The monoisotopic (exact) mass is 860 g/mol. The Morgan fingerprint density at radius 2 is 1.66 bits per heavy atom. The lowest BCUT2D eigenvalue weighted by Crippen LogP contribution is -2.78. The van der Waals surface area contributed by atoms with E-state index in [1.54, 1.807) is 6.92 Å². The number of carboxylic acid groups (broad SMARTS) is 1. The fourth-order valence-electron chi connectivity index (χ4n) is 7.42. The van der Waals surface area contributed by atoms with E-state index in [2.05, 4.69) is 6.58 Å². The number of rotatable bonds is 22. The number of carbonyl (C=O) groups excluding carboxylic acids is 5. The van der Waals surface area contributed by atoms with E-state index in [1.807, 2.05) is 58.0 Å². The van der Waals surface area contributed by atoms with Crippen LogP contribution in [0.3, 0.4) is 0 Å². The van der Waals surface area contributed by atoms with Crippen LogP contribution >= 0.6 is 0 Å². The van der Waals surface area contributed by atoms with Crippen LogP contribution in [0.15, 0.2) is 54.6 Å². The van der Waals surface area contributed by atoms with Gasteiger partial charge in [-0.15, -0.1) is 0 Å². The molecule has 3 rings (SSSR count). The molecule has 4 unspecified atom stereocenters. The van der Waals surface area contributed by atoms with Crippen LogP contribution in [0.25, 0.3) is 0 Å². The molecule has 0 amide bonds. The van der Waals surface area contributed by atoms with Gasteiger partial charge in [0, 0.05) is 25.3 Å².